The Morgan fingerprint density at radius 2 is 1.57 bits per heavy atom. The third-order valence-electron chi connectivity index (χ3n) is 4.81. The van der Waals surface area contributed by atoms with Gasteiger partial charge in [0.05, 0.1) is 4.47 Å². The second-order valence-corrected chi connectivity index (χ2v) is 7.44. The summed E-state index contributed by atoms with van der Waals surface area (Å²) in [6.07, 6.45) is 3.87. The zero-order valence-corrected chi connectivity index (χ0v) is 16.5. The number of rotatable bonds is 4. The lowest BCUT2D eigenvalue weighted by molar-refractivity contribution is -0.138. The van der Waals surface area contributed by atoms with Gasteiger partial charge < -0.3 is 4.74 Å². The van der Waals surface area contributed by atoms with Gasteiger partial charge in [-0.05, 0) is 27.6 Å². The maximum Gasteiger partial charge on any atom is 0.323 e. The van der Waals surface area contributed by atoms with E-state index in [4.69, 9.17) is 4.74 Å². The summed E-state index contributed by atoms with van der Waals surface area (Å²) >= 11 is 3.45. The van der Waals surface area contributed by atoms with Crippen LogP contribution in [0.5, 0.6) is 5.75 Å². The third-order valence-corrected chi connectivity index (χ3v) is 5.43. The first-order valence-electron chi connectivity index (χ1n) is 8.98. The number of ketones is 1. The lowest BCUT2D eigenvalue weighted by Crippen LogP contribution is -2.37. The fraction of sp³-hybridized carbons (Fsp3) is 0.0833. The van der Waals surface area contributed by atoms with Crippen molar-refractivity contribution < 1.29 is 14.3 Å². The van der Waals surface area contributed by atoms with Gasteiger partial charge in [-0.3, -0.25) is 9.59 Å². The Bertz CT molecular complexity index is 1040. The normalized spacial score (nSPS) is 18.5. The van der Waals surface area contributed by atoms with Crippen LogP contribution in [0.3, 0.4) is 0 Å². The molecule has 1 aliphatic rings. The highest BCUT2D eigenvalue weighted by molar-refractivity contribution is 9.10. The summed E-state index contributed by atoms with van der Waals surface area (Å²) in [7, 11) is 0. The monoisotopic (exact) mass is 432 g/mol. The lowest BCUT2D eigenvalue weighted by Gasteiger charge is -2.30. The van der Waals surface area contributed by atoms with E-state index < -0.39 is 17.8 Å². The second kappa shape index (κ2) is 7.95. The molecule has 0 saturated carbocycles. The molecule has 4 heteroatoms. The Balaban J connectivity index is 1.80. The fourth-order valence-electron chi connectivity index (χ4n) is 3.43. The molecule has 0 fully saturated rings. The van der Waals surface area contributed by atoms with E-state index in [0.717, 1.165) is 11.1 Å². The molecule has 0 saturated heterocycles. The molecule has 28 heavy (non-hydrogen) atoms. The molecule has 0 spiro atoms. The van der Waals surface area contributed by atoms with Gasteiger partial charge >= 0.3 is 5.97 Å². The molecule has 0 bridgehead atoms. The van der Waals surface area contributed by atoms with Crippen LogP contribution in [-0.2, 0) is 4.79 Å². The summed E-state index contributed by atoms with van der Waals surface area (Å²) < 4.78 is 6.26. The van der Waals surface area contributed by atoms with E-state index >= 15 is 0 Å². The number of ether oxygens (including phenoxy) is 1. The number of hydrogen-bond donors (Lipinski definition) is 0. The lowest BCUT2D eigenvalue weighted by atomic mass is 9.79. The minimum Gasteiger partial charge on any atom is -0.424 e. The molecule has 1 aliphatic heterocycles. The molecule has 3 aromatic rings. The van der Waals surface area contributed by atoms with E-state index in [1.807, 2.05) is 66.7 Å². The third kappa shape index (κ3) is 3.56. The van der Waals surface area contributed by atoms with Crippen molar-refractivity contribution in [2.75, 3.05) is 0 Å². The fourth-order valence-corrected chi connectivity index (χ4v) is 3.89. The highest BCUT2D eigenvalue weighted by atomic mass is 79.9. The summed E-state index contributed by atoms with van der Waals surface area (Å²) in [5.74, 6) is -1.63. The first kappa shape index (κ1) is 18.4. The van der Waals surface area contributed by atoms with Crippen molar-refractivity contribution in [1.29, 1.82) is 0 Å². The minimum absolute atomic E-state index is 0.237. The Hall–Kier alpha value is -2.98. The number of allylic oxidation sites excluding steroid dienone is 1. The predicted molar refractivity (Wildman–Crippen MR) is 112 cm³/mol. The van der Waals surface area contributed by atoms with E-state index in [0.29, 0.717) is 15.8 Å². The number of halogens is 1. The van der Waals surface area contributed by atoms with Gasteiger partial charge in [-0.15, -0.1) is 0 Å². The van der Waals surface area contributed by atoms with Crippen LogP contribution in [0.15, 0.2) is 89.4 Å². The maximum absolute atomic E-state index is 13.2. The first-order chi connectivity index (χ1) is 13.6. The van der Waals surface area contributed by atoms with Gasteiger partial charge in [-0.1, -0.05) is 84.9 Å². The van der Waals surface area contributed by atoms with Crippen molar-refractivity contribution in [2.24, 2.45) is 5.92 Å². The Morgan fingerprint density at radius 3 is 2.29 bits per heavy atom. The number of carbonyl (C=O) groups excluding carboxylic acids is 2. The molecule has 1 heterocycles. The molecule has 3 nitrogen and oxygen atoms in total. The molecule has 0 radical (unpaired) electrons. The molecule has 0 N–H and O–H groups in total. The number of carbonyl (C=O) groups is 2. The Kier molecular flexibility index (Phi) is 5.22. The quantitative estimate of drug-likeness (QED) is 0.231. The van der Waals surface area contributed by atoms with Crippen LogP contribution in [0.2, 0.25) is 0 Å². The van der Waals surface area contributed by atoms with Gasteiger partial charge in [0.2, 0.25) is 0 Å². The molecule has 0 amide bonds. The number of fused-ring (bicyclic) bond motifs is 1. The maximum atomic E-state index is 13.2. The molecular weight excluding hydrogens is 416 g/mol. The van der Waals surface area contributed by atoms with Crippen molar-refractivity contribution >= 4 is 33.8 Å². The number of Topliss-reactive ketones (excluding diaryl/α,β-unsaturated/α-hetero) is 1. The smallest absolute Gasteiger partial charge is 0.323 e. The summed E-state index contributed by atoms with van der Waals surface area (Å²) in [5.41, 5.74) is 2.32. The van der Waals surface area contributed by atoms with Crippen molar-refractivity contribution in [3.8, 4) is 5.75 Å². The van der Waals surface area contributed by atoms with Crippen molar-refractivity contribution in [3.05, 3.63) is 106 Å². The topological polar surface area (TPSA) is 43.4 Å². The summed E-state index contributed by atoms with van der Waals surface area (Å²) in [5, 5.41) is 0. The van der Waals surface area contributed by atoms with Gasteiger partial charge in [0.15, 0.2) is 5.78 Å². The highest BCUT2D eigenvalue weighted by Crippen LogP contribution is 2.43. The summed E-state index contributed by atoms with van der Waals surface area (Å²) in [6.45, 7) is 0. The first-order valence-corrected chi connectivity index (χ1v) is 9.77. The van der Waals surface area contributed by atoms with E-state index in [1.54, 1.807) is 24.3 Å². The Morgan fingerprint density at radius 1 is 0.893 bits per heavy atom. The van der Waals surface area contributed by atoms with Crippen LogP contribution < -0.4 is 4.74 Å². The summed E-state index contributed by atoms with van der Waals surface area (Å²) in [4.78, 5) is 26.0. The van der Waals surface area contributed by atoms with Crippen LogP contribution in [0, 0.1) is 5.92 Å². The minimum atomic E-state index is -0.927. The van der Waals surface area contributed by atoms with Gasteiger partial charge in [0.1, 0.15) is 11.7 Å². The van der Waals surface area contributed by atoms with E-state index in [2.05, 4.69) is 15.9 Å². The SMILES string of the molecule is O=C1Oc2c(Br)cccc2C(/C=C/c2ccccc2)C1C(=O)c1ccccc1. The van der Waals surface area contributed by atoms with Crippen LogP contribution in [-0.4, -0.2) is 11.8 Å². The van der Waals surface area contributed by atoms with E-state index in [1.165, 1.54) is 0 Å². The molecule has 3 aromatic carbocycles. The largest absolute Gasteiger partial charge is 0.424 e. The zero-order chi connectivity index (χ0) is 19.5. The zero-order valence-electron chi connectivity index (χ0n) is 14.9. The molecular formula is C24H17BrO3. The number of esters is 1. The standard InChI is InChI=1S/C24H17BrO3/c25-20-13-7-12-19-18(15-14-16-8-3-1-4-9-16)21(24(27)28-23(19)20)22(26)17-10-5-2-6-11-17/h1-15,18,21H/b15-14+. The average Bonchev–Trinajstić information content (AvgIpc) is 2.73. The number of benzene rings is 3. The molecule has 2 atom stereocenters. The average molecular weight is 433 g/mol. The van der Waals surface area contributed by atoms with Crippen LogP contribution >= 0.6 is 15.9 Å². The predicted octanol–water partition coefficient (Wildman–Crippen LogP) is 5.66. The molecule has 2 unspecified atom stereocenters. The second-order valence-electron chi connectivity index (χ2n) is 6.58. The van der Waals surface area contributed by atoms with Gasteiger partial charge in [-0.2, -0.15) is 0 Å². The van der Waals surface area contributed by atoms with Crippen LogP contribution in [0.4, 0.5) is 0 Å². The van der Waals surface area contributed by atoms with Crippen molar-refractivity contribution in [3.63, 3.8) is 0 Å². The number of hydrogen-bond acceptors (Lipinski definition) is 3. The van der Waals surface area contributed by atoms with Crippen molar-refractivity contribution in [2.45, 2.75) is 5.92 Å². The highest BCUT2D eigenvalue weighted by Gasteiger charge is 2.42. The van der Waals surface area contributed by atoms with Gasteiger partial charge in [0.25, 0.3) is 0 Å². The molecule has 138 valence electrons. The van der Waals surface area contributed by atoms with Crippen LogP contribution in [0.25, 0.3) is 6.08 Å². The van der Waals surface area contributed by atoms with E-state index in [-0.39, 0.29) is 5.78 Å². The van der Waals surface area contributed by atoms with Crippen LogP contribution in [0.1, 0.15) is 27.4 Å². The van der Waals surface area contributed by atoms with Gasteiger partial charge in [-0.25, -0.2) is 0 Å². The van der Waals surface area contributed by atoms with Gasteiger partial charge in [0, 0.05) is 17.0 Å². The molecule has 4 rings (SSSR count). The molecule has 0 aliphatic carbocycles. The number of para-hydroxylation sites is 1. The Labute approximate surface area is 171 Å². The summed E-state index contributed by atoms with van der Waals surface area (Å²) in [6, 6.07) is 24.3. The molecule has 0 aromatic heterocycles. The van der Waals surface area contributed by atoms with E-state index in [9.17, 15) is 9.59 Å². The van der Waals surface area contributed by atoms with Crippen molar-refractivity contribution in [1.82, 2.24) is 0 Å².